The van der Waals surface area contributed by atoms with Crippen molar-refractivity contribution in [2.75, 3.05) is 5.32 Å². The molecule has 0 radical (unpaired) electrons. The smallest absolute Gasteiger partial charge is 0.292 e. The molecule has 0 saturated heterocycles. The van der Waals surface area contributed by atoms with Gasteiger partial charge < -0.3 is 5.32 Å². The number of nitro benzene ring substituents is 1. The molecule has 0 aromatic heterocycles. The SMILES string of the molecule is O=C(Nc1cc(F)ccc1[N+](=O)[O-])c1ccc(Br)cc1Br. The van der Waals surface area contributed by atoms with E-state index in [-0.39, 0.29) is 16.9 Å². The van der Waals surface area contributed by atoms with Crippen LogP contribution in [0.3, 0.4) is 0 Å². The molecule has 21 heavy (non-hydrogen) atoms. The largest absolute Gasteiger partial charge is 0.316 e. The number of amides is 1. The van der Waals surface area contributed by atoms with Crippen LogP contribution in [-0.2, 0) is 0 Å². The number of nitrogens with one attached hydrogen (secondary N) is 1. The van der Waals surface area contributed by atoms with E-state index in [1.807, 2.05) is 0 Å². The van der Waals surface area contributed by atoms with E-state index in [1.54, 1.807) is 12.1 Å². The van der Waals surface area contributed by atoms with Crippen LogP contribution in [0.25, 0.3) is 0 Å². The van der Waals surface area contributed by atoms with Crippen LogP contribution in [-0.4, -0.2) is 10.8 Å². The van der Waals surface area contributed by atoms with E-state index in [0.29, 0.717) is 4.47 Å². The van der Waals surface area contributed by atoms with Gasteiger partial charge in [0.05, 0.1) is 10.5 Å². The number of nitrogens with zero attached hydrogens (tertiary/aromatic N) is 1. The Labute approximate surface area is 135 Å². The van der Waals surface area contributed by atoms with Crippen LogP contribution in [0.15, 0.2) is 45.3 Å². The van der Waals surface area contributed by atoms with Gasteiger partial charge in [0.25, 0.3) is 11.6 Å². The lowest BCUT2D eigenvalue weighted by Crippen LogP contribution is -2.14. The highest BCUT2D eigenvalue weighted by Gasteiger charge is 2.18. The van der Waals surface area contributed by atoms with Crippen molar-refractivity contribution in [2.24, 2.45) is 0 Å². The predicted molar refractivity (Wildman–Crippen MR) is 82.8 cm³/mol. The van der Waals surface area contributed by atoms with Crippen molar-refractivity contribution in [3.63, 3.8) is 0 Å². The molecule has 0 aliphatic carbocycles. The average molecular weight is 418 g/mol. The van der Waals surface area contributed by atoms with E-state index >= 15 is 0 Å². The molecule has 0 heterocycles. The maximum atomic E-state index is 13.2. The van der Waals surface area contributed by atoms with Crippen molar-refractivity contribution in [3.8, 4) is 0 Å². The summed E-state index contributed by atoms with van der Waals surface area (Å²) in [5.74, 6) is -1.26. The van der Waals surface area contributed by atoms with Gasteiger partial charge in [-0.2, -0.15) is 0 Å². The van der Waals surface area contributed by atoms with Crippen LogP contribution in [0.5, 0.6) is 0 Å². The van der Waals surface area contributed by atoms with E-state index in [0.717, 1.165) is 22.7 Å². The quantitative estimate of drug-likeness (QED) is 0.589. The Kier molecular flexibility index (Phi) is 4.69. The van der Waals surface area contributed by atoms with Gasteiger partial charge in [-0.05, 0) is 40.2 Å². The van der Waals surface area contributed by atoms with E-state index in [4.69, 9.17) is 0 Å². The minimum atomic E-state index is -0.689. The van der Waals surface area contributed by atoms with Gasteiger partial charge in [0.15, 0.2) is 0 Å². The number of benzene rings is 2. The highest BCUT2D eigenvalue weighted by Crippen LogP contribution is 2.27. The van der Waals surface area contributed by atoms with E-state index in [1.165, 1.54) is 6.07 Å². The minimum Gasteiger partial charge on any atom is -0.316 e. The molecule has 0 spiro atoms. The number of anilines is 1. The molecule has 5 nitrogen and oxygen atoms in total. The van der Waals surface area contributed by atoms with Crippen molar-refractivity contribution in [3.05, 3.63) is 66.8 Å². The lowest BCUT2D eigenvalue weighted by molar-refractivity contribution is -0.384. The van der Waals surface area contributed by atoms with Crippen molar-refractivity contribution in [1.82, 2.24) is 0 Å². The first-order chi connectivity index (χ1) is 9.88. The zero-order valence-electron chi connectivity index (χ0n) is 10.3. The molecule has 8 heteroatoms. The summed E-state index contributed by atoms with van der Waals surface area (Å²) in [6.45, 7) is 0. The highest BCUT2D eigenvalue weighted by atomic mass is 79.9. The monoisotopic (exact) mass is 416 g/mol. The van der Waals surface area contributed by atoms with E-state index < -0.39 is 16.6 Å². The number of carbonyl (C=O) groups is 1. The number of halogens is 3. The molecule has 0 aliphatic rings. The maximum absolute atomic E-state index is 13.2. The fourth-order valence-corrected chi connectivity index (χ4v) is 2.86. The molecule has 2 aromatic carbocycles. The second kappa shape index (κ2) is 6.31. The lowest BCUT2D eigenvalue weighted by atomic mass is 10.2. The van der Waals surface area contributed by atoms with Gasteiger partial charge in [0.2, 0.25) is 0 Å². The molecule has 0 atom stereocenters. The van der Waals surface area contributed by atoms with Crippen LogP contribution in [0.2, 0.25) is 0 Å². The summed E-state index contributed by atoms with van der Waals surface area (Å²) < 4.78 is 14.5. The number of hydrogen-bond acceptors (Lipinski definition) is 3. The van der Waals surface area contributed by atoms with Gasteiger partial charge >= 0.3 is 0 Å². The Morgan fingerprint density at radius 1 is 1.19 bits per heavy atom. The normalized spacial score (nSPS) is 10.2. The second-order valence-electron chi connectivity index (χ2n) is 4.00. The van der Waals surface area contributed by atoms with E-state index in [2.05, 4.69) is 37.2 Å². The van der Waals surface area contributed by atoms with Gasteiger partial charge in [0.1, 0.15) is 11.5 Å². The molecular formula is C13H7Br2FN2O3. The van der Waals surface area contributed by atoms with Gasteiger partial charge in [0, 0.05) is 21.1 Å². The Morgan fingerprint density at radius 3 is 2.52 bits per heavy atom. The minimum absolute atomic E-state index is 0.195. The zero-order chi connectivity index (χ0) is 15.6. The molecule has 2 aromatic rings. The summed E-state index contributed by atoms with van der Waals surface area (Å²) in [7, 11) is 0. The summed E-state index contributed by atoms with van der Waals surface area (Å²) in [4.78, 5) is 22.3. The third-order valence-electron chi connectivity index (χ3n) is 2.58. The van der Waals surface area contributed by atoms with Gasteiger partial charge in [-0.1, -0.05) is 15.9 Å². The van der Waals surface area contributed by atoms with Crippen LogP contribution >= 0.6 is 31.9 Å². The summed E-state index contributed by atoms with van der Waals surface area (Å²) >= 11 is 6.48. The number of carbonyl (C=O) groups excluding carboxylic acids is 1. The fourth-order valence-electron chi connectivity index (χ4n) is 1.63. The fraction of sp³-hybridized carbons (Fsp3) is 0. The Hall–Kier alpha value is -1.80. The molecule has 2 rings (SSSR count). The van der Waals surface area contributed by atoms with Crippen LogP contribution < -0.4 is 5.32 Å². The maximum Gasteiger partial charge on any atom is 0.292 e. The summed E-state index contributed by atoms with van der Waals surface area (Å²) in [6.07, 6.45) is 0. The van der Waals surface area contributed by atoms with E-state index in [9.17, 15) is 19.3 Å². The molecule has 108 valence electrons. The van der Waals surface area contributed by atoms with Crippen LogP contribution in [0, 0.1) is 15.9 Å². The van der Waals surface area contributed by atoms with Crippen LogP contribution in [0.4, 0.5) is 15.8 Å². The summed E-state index contributed by atoms with van der Waals surface area (Å²) in [5.41, 5.74) is -0.297. The lowest BCUT2D eigenvalue weighted by Gasteiger charge is -2.08. The molecular weight excluding hydrogens is 411 g/mol. The summed E-state index contributed by atoms with van der Waals surface area (Å²) in [5, 5.41) is 13.2. The molecule has 0 bridgehead atoms. The first-order valence-electron chi connectivity index (χ1n) is 5.59. The van der Waals surface area contributed by atoms with Crippen molar-refractivity contribution in [2.45, 2.75) is 0 Å². The number of nitro groups is 1. The first-order valence-corrected chi connectivity index (χ1v) is 7.17. The molecule has 1 amide bonds. The summed E-state index contributed by atoms with van der Waals surface area (Å²) in [6, 6.07) is 7.72. The van der Waals surface area contributed by atoms with Crippen molar-refractivity contribution in [1.29, 1.82) is 0 Å². The topological polar surface area (TPSA) is 72.2 Å². The molecule has 0 unspecified atom stereocenters. The van der Waals surface area contributed by atoms with Crippen LogP contribution in [0.1, 0.15) is 10.4 Å². The Morgan fingerprint density at radius 2 is 1.90 bits per heavy atom. The zero-order valence-corrected chi connectivity index (χ0v) is 13.4. The van der Waals surface area contributed by atoms with Gasteiger partial charge in [-0.3, -0.25) is 14.9 Å². The average Bonchev–Trinajstić information content (AvgIpc) is 2.37. The molecule has 0 fully saturated rings. The van der Waals surface area contributed by atoms with Gasteiger partial charge in [-0.25, -0.2) is 4.39 Å². The van der Waals surface area contributed by atoms with Gasteiger partial charge in [-0.15, -0.1) is 0 Å². The third kappa shape index (κ3) is 3.64. The Balaban J connectivity index is 2.35. The standard InChI is InChI=1S/C13H7Br2FN2O3/c14-7-1-3-9(10(15)5-7)13(19)17-11-6-8(16)2-4-12(11)18(20)21/h1-6H,(H,17,19). The highest BCUT2D eigenvalue weighted by molar-refractivity contribution is 9.11. The number of rotatable bonds is 3. The molecule has 0 saturated carbocycles. The first kappa shape index (κ1) is 15.6. The van der Waals surface area contributed by atoms with Crippen molar-refractivity contribution >= 4 is 49.1 Å². The molecule has 0 aliphatic heterocycles. The number of hydrogen-bond donors (Lipinski definition) is 1. The predicted octanol–water partition coefficient (Wildman–Crippen LogP) is 4.51. The second-order valence-corrected chi connectivity index (χ2v) is 5.77. The Bertz CT molecular complexity index is 737. The molecule has 1 N–H and O–H groups in total. The third-order valence-corrected chi connectivity index (χ3v) is 3.73. The van der Waals surface area contributed by atoms with Crippen molar-refractivity contribution < 1.29 is 14.1 Å².